The van der Waals surface area contributed by atoms with Crippen LogP contribution in [0.1, 0.15) is 24.8 Å². The van der Waals surface area contributed by atoms with Crippen molar-refractivity contribution in [1.82, 2.24) is 10.2 Å². The van der Waals surface area contributed by atoms with Gasteiger partial charge in [0.05, 0.1) is 20.0 Å². The molecule has 1 heterocycles. The highest BCUT2D eigenvalue weighted by molar-refractivity contribution is 8.00. The molecule has 1 N–H and O–H groups in total. The van der Waals surface area contributed by atoms with Crippen LogP contribution in [0.3, 0.4) is 0 Å². The van der Waals surface area contributed by atoms with Crippen LogP contribution in [-0.4, -0.2) is 49.3 Å². The van der Waals surface area contributed by atoms with Gasteiger partial charge in [-0.05, 0) is 32.0 Å². The fourth-order valence-electron chi connectivity index (χ4n) is 2.44. The van der Waals surface area contributed by atoms with Crippen molar-refractivity contribution in [1.29, 1.82) is 0 Å². The summed E-state index contributed by atoms with van der Waals surface area (Å²) in [6.07, 6.45) is 0. The van der Waals surface area contributed by atoms with Gasteiger partial charge >= 0.3 is 0 Å². The summed E-state index contributed by atoms with van der Waals surface area (Å²) in [5, 5.41) is 2.56. The van der Waals surface area contributed by atoms with Crippen molar-refractivity contribution in [3.8, 4) is 11.5 Å². The van der Waals surface area contributed by atoms with Crippen LogP contribution >= 0.6 is 11.8 Å². The Hall–Kier alpha value is -1.89. The molecule has 2 rings (SSSR count). The summed E-state index contributed by atoms with van der Waals surface area (Å²) in [5.74, 6) is 1.49. The molecular weight excluding hydrogens is 316 g/mol. The third-order valence-electron chi connectivity index (χ3n) is 3.43. The maximum absolute atomic E-state index is 12.2. The first-order valence-electron chi connectivity index (χ1n) is 7.38. The summed E-state index contributed by atoms with van der Waals surface area (Å²) < 4.78 is 10.7. The number of carbonyl (C=O) groups excluding carboxylic acids is 2. The first-order valence-corrected chi connectivity index (χ1v) is 8.43. The van der Waals surface area contributed by atoms with Crippen LogP contribution in [0, 0.1) is 0 Å². The molecule has 1 aliphatic rings. The zero-order chi connectivity index (χ0) is 17.0. The Kier molecular flexibility index (Phi) is 5.76. The van der Waals surface area contributed by atoms with Gasteiger partial charge in [0.2, 0.25) is 11.8 Å². The van der Waals surface area contributed by atoms with Crippen molar-refractivity contribution in [3.05, 3.63) is 23.8 Å². The lowest BCUT2D eigenvalue weighted by molar-refractivity contribution is -0.134. The molecule has 0 spiro atoms. The Morgan fingerprint density at radius 3 is 2.74 bits per heavy atom. The van der Waals surface area contributed by atoms with Gasteiger partial charge in [0.1, 0.15) is 23.4 Å². The molecule has 0 radical (unpaired) electrons. The zero-order valence-electron chi connectivity index (χ0n) is 13.8. The molecule has 0 aromatic heterocycles. The standard InChI is InChI=1S/C16H22N2O4S/c1-10(2)17-14(19)8-18-15(20)9-23-16(18)12-7-11(21-3)5-6-13(12)22-4/h5-7,10,16H,8-9H2,1-4H3,(H,17,19). The van der Waals surface area contributed by atoms with E-state index in [-0.39, 0.29) is 29.8 Å². The fraction of sp³-hybridized carbons (Fsp3) is 0.500. The van der Waals surface area contributed by atoms with E-state index >= 15 is 0 Å². The number of hydrogen-bond donors (Lipinski definition) is 1. The van der Waals surface area contributed by atoms with Gasteiger partial charge in [-0.25, -0.2) is 0 Å². The first-order chi connectivity index (χ1) is 11.0. The van der Waals surface area contributed by atoms with Crippen molar-refractivity contribution in [3.63, 3.8) is 0 Å². The molecule has 1 aromatic rings. The molecule has 0 saturated carbocycles. The second kappa shape index (κ2) is 7.59. The molecule has 0 bridgehead atoms. The number of hydrogen-bond acceptors (Lipinski definition) is 5. The van der Waals surface area contributed by atoms with E-state index in [1.165, 1.54) is 11.8 Å². The molecule has 1 atom stereocenters. The normalized spacial score (nSPS) is 17.5. The minimum absolute atomic E-state index is 0.0368. The summed E-state index contributed by atoms with van der Waals surface area (Å²) in [6.45, 7) is 3.82. The molecule has 1 unspecified atom stereocenters. The Morgan fingerprint density at radius 2 is 2.13 bits per heavy atom. The van der Waals surface area contributed by atoms with Crippen LogP contribution in [0.25, 0.3) is 0 Å². The minimum Gasteiger partial charge on any atom is -0.497 e. The lowest BCUT2D eigenvalue weighted by Gasteiger charge is -2.25. The molecular formula is C16H22N2O4S. The highest BCUT2D eigenvalue weighted by Gasteiger charge is 2.36. The van der Waals surface area contributed by atoms with Crippen LogP contribution < -0.4 is 14.8 Å². The van der Waals surface area contributed by atoms with E-state index in [2.05, 4.69) is 5.32 Å². The summed E-state index contributed by atoms with van der Waals surface area (Å²) >= 11 is 1.48. The molecule has 7 heteroatoms. The van der Waals surface area contributed by atoms with Crippen molar-refractivity contribution in [2.45, 2.75) is 25.3 Å². The van der Waals surface area contributed by atoms with E-state index < -0.39 is 0 Å². The van der Waals surface area contributed by atoms with Gasteiger partial charge in [-0.3, -0.25) is 9.59 Å². The molecule has 1 aromatic carbocycles. The maximum Gasteiger partial charge on any atom is 0.239 e. The second-order valence-corrected chi connectivity index (χ2v) is 6.58. The van der Waals surface area contributed by atoms with Gasteiger partial charge in [-0.15, -0.1) is 11.8 Å². The summed E-state index contributed by atoms with van der Waals surface area (Å²) in [4.78, 5) is 25.8. The third-order valence-corrected chi connectivity index (χ3v) is 4.67. The van der Waals surface area contributed by atoms with E-state index in [1.807, 2.05) is 26.0 Å². The van der Waals surface area contributed by atoms with E-state index in [9.17, 15) is 9.59 Å². The van der Waals surface area contributed by atoms with E-state index in [0.29, 0.717) is 17.3 Å². The highest BCUT2D eigenvalue weighted by atomic mass is 32.2. The average molecular weight is 338 g/mol. The lowest BCUT2D eigenvalue weighted by Crippen LogP contribution is -2.41. The minimum atomic E-state index is -0.259. The van der Waals surface area contributed by atoms with Crippen LogP contribution in [0.4, 0.5) is 0 Å². The monoisotopic (exact) mass is 338 g/mol. The predicted octanol–water partition coefficient (Wildman–Crippen LogP) is 1.80. The van der Waals surface area contributed by atoms with Gasteiger partial charge in [-0.2, -0.15) is 0 Å². The van der Waals surface area contributed by atoms with E-state index in [4.69, 9.17) is 9.47 Å². The second-order valence-electron chi connectivity index (χ2n) is 5.52. The fourth-order valence-corrected chi connectivity index (χ4v) is 3.64. The molecule has 126 valence electrons. The first kappa shape index (κ1) is 17.5. The number of ether oxygens (including phenoxy) is 2. The highest BCUT2D eigenvalue weighted by Crippen LogP contribution is 2.43. The van der Waals surface area contributed by atoms with Gasteiger partial charge in [0.15, 0.2) is 0 Å². The predicted molar refractivity (Wildman–Crippen MR) is 89.7 cm³/mol. The molecule has 0 aliphatic carbocycles. The van der Waals surface area contributed by atoms with Crippen molar-refractivity contribution < 1.29 is 19.1 Å². The van der Waals surface area contributed by atoms with Crippen LogP contribution in [-0.2, 0) is 9.59 Å². The van der Waals surface area contributed by atoms with Gasteiger partial charge in [-0.1, -0.05) is 0 Å². The van der Waals surface area contributed by atoms with Crippen LogP contribution in [0.5, 0.6) is 11.5 Å². The number of thioether (sulfide) groups is 1. The SMILES string of the molecule is COc1ccc(OC)c(C2SCC(=O)N2CC(=O)NC(C)C)c1. The number of benzene rings is 1. The molecule has 6 nitrogen and oxygen atoms in total. The van der Waals surface area contributed by atoms with Gasteiger partial charge in [0, 0.05) is 11.6 Å². The van der Waals surface area contributed by atoms with Crippen molar-refractivity contribution in [2.24, 2.45) is 0 Å². The Labute approximate surface area is 140 Å². The zero-order valence-corrected chi connectivity index (χ0v) is 14.6. The number of carbonyl (C=O) groups is 2. The smallest absolute Gasteiger partial charge is 0.239 e. The Balaban J connectivity index is 2.26. The topological polar surface area (TPSA) is 67.9 Å². The lowest BCUT2D eigenvalue weighted by atomic mass is 10.1. The molecule has 23 heavy (non-hydrogen) atoms. The number of methoxy groups -OCH3 is 2. The van der Waals surface area contributed by atoms with Gasteiger partial charge in [0.25, 0.3) is 0 Å². The molecule has 1 aliphatic heterocycles. The number of rotatable bonds is 6. The van der Waals surface area contributed by atoms with Crippen molar-refractivity contribution >= 4 is 23.6 Å². The van der Waals surface area contributed by atoms with Crippen molar-refractivity contribution in [2.75, 3.05) is 26.5 Å². The number of amides is 2. The molecule has 1 saturated heterocycles. The van der Waals surface area contributed by atoms with E-state index in [0.717, 1.165) is 5.56 Å². The number of nitrogens with one attached hydrogen (secondary N) is 1. The Bertz CT molecular complexity index is 591. The molecule has 1 fully saturated rings. The summed E-state index contributed by atoms with van der Waals surface area (Å²) in [6, 6.07) is 5.50. The summed E-state index contributed by atoms with van der Waals surface area (Å²) in [7, 11) is 3.18. The Morgan fingerprint density at radius 1 is 1.39 bits per heavy atom. The van der Waals surface area contributed by atoms with Crippen LogP contribution in [0.2, 0.25) is 0 Å². The maximum atomic E-state index is 12.2. The number of nitrogens with zero attached hydrogens (tertiary/aromatic N) is 1. The van der Waals surface area contributed by atoms with E-state index in [1.54, 1.807) is 25.2 Å². The summed E-state index contributed by atoms with van der Waals surface area (Å²) in [5.41, 5.74) is 0.833. The van der Waals surface area contributed by atoms with Gasteiger partial charge < -0.3 is 19.7 Å². The average Bonchev–Trinajstić information content (AvgIpc) is 2.86. The quantitative estimate of drug-likeness (QED) is 0.857. The largest absolute Gasteiger partial charge is 0.497 e. The molecule has 2 amide bonds. The third kappa shape index (κ3) is 4.10. The van der Waals surface area contributed by atoms with Crippen LogP contribution in [0.15, 0.2) is 18.2 Å².